The van der Waals surface area contributed by atoms with Crippen LogP contribution in [0, 0.1) is 5.82 Å². The molecular formula is C38H50FN5O5. The van der Waals surface area contributed by atoms with Gasteiger partial charge in [-0.25, -0.2) is 18.9 Å². The number of esters is 1. The summed E-state index contributed by atoms with van der Waals surface area (Å²) in [5.41, 5.74) is 3.10. The summed E-state index contributed by atoms with van der Waals surface area (Å²) in [6.45, 7) is 13.3. The molecule has 2 unspecified atom stereocenters. The lowest BCUT2D eigenvalue weighted by Crippen LogP contribution is -2.46. The van der Waals surface area contributed by atoms with Crippen molar-refractivity contribution in [1.29, 1.82) is 0 Å². The lowest BCUT2D eigenvalue weighted by molar-refractivity contribution is -0.162. The molecule has 0 bridgehead atoms. The van der Waals surface area contributed by atoms with E-state index in [9.17, 15) is 9.18 Å². The van der Waals surface area contributed by atoms with Gasteiger partial charge in [-0.3, -0.25) is 0 Å². The molecule has 0 radical (unpaired) electrons. The molecule has 2 aromatic heterocycles. The first kappa shape index (κ1) is 35.2. The number of piperazine rings is 1. The van der Waals surface area contributed by atoms with Crippen molar-refractivity contribution in [3.05, 3.63) is 54.1 Å². The standard InChI is InChI=1S/C38H50FN5O5/c1-5-42-15-17-43(18-16-42)37-31-23-32-28(24-40-44(32)33-8-6-7-20-48-33)22-30(31)35(27-9-11-29(39)12-10-27)36(41-37)26(2)13-14-38(3,4)49-34(46)25-47-21-19-45/h9-12,22-24,26,33,45H,5-8,13-21,25H2,1-4H3. The van der Waals surface area contributed by atoms with Crippen molar-refractivity contribution in [3.8, 4) is 11.1 Å². The van der Waals surface area contributed by atoms with Crippen molar-refractivity contribution in [1.82, 2.24) is 19.7 Å². The average molecular weight is 676 g/mol. The zero-order chi connectivity index (χ0) is 34.5. The van der Waals surface area contributed by atoms with Gasteiger partial charge in [0.2, 0.25) is 0 Å². The molecule has 0 spiro atoms. The fraction of sp³-hybridized carbons (Fsp3) is 0.553. The molecule has 2 aliphatic rings. The van der Waals surface area contributed by atoms with Gasteiger partial charge < -0.3 is 29.1 Å². The predicted octanol–water partition coefficient (Wildman–Crippen LogP) is 6.45. The Labute approximate surface area is 288 Å². The van der Waals surface area contributed by atoms with E-state index in [2.05, 4.69) is 35.8 Å². The molecule has 1 N–H and O–H groups in total. The monoisotopic (exact) mass is 675 g/mol. The van der Waals surface area contributed by atoms with Gasteiger partial charge in [-0.15, -0.1) is 0 Å². The highest BCUT2D eigenvalue weighted by atomic mass is 19.1. The number of hydrogen-bond donors (Lipinski definition) is 1. The maximum atomic E-state index is 14.3. The molecule has 4 aromatic rings. The van der Waals surface area contributed by atoms with Gasteiger partial charge in [-0.1, -0.05) is 26.0 Å². The van der Waals surface area contributed by atoms with Crippen molar-refractivity contribution >= 4 is 33.5 Å². The molecule has 49 heavy (non-hydrogen) atoms. The summed E-state index contributed by atoms with van der Waals surface area (Å²) in [7, 11) is 0. The third-order valence-electron chi connectivity index (χ3n) is 9.90. The highest BCUT2D eigenvalue weighted by Gasteiger charge is 2.29. The number of fused-ring (bicyclic) bond motifs is 2. The quantitative estimate of drug-likeness (QED) is 0.127. The number of nitrogens with zero attached hydrogens (tertiary/aromatic N) is 5. The number of rotatable bonds is 13. The Bertz CT molecular complexity index is 1730. The number of aromatic nitrogens is 3. The fourth-order valence-corrected chi connectivity index (χ4v) is 7.10. The summed E-state index contributed by atoms with van der Waals surface area (Å²) < 4.78 is 33.4. The van der Waals surface area contributed by atoms with Crippen LogP contribution in [0.2, 0.25) is 0 Å². The maximum Gasteiger partial charge on any atom is 0.332 e. The maximum absolute atomic E-state index is 14.3. The van der Waals surface area contributed by atoms with Crippen LogP contribution < -0.4 is 4.90 Å². The van der Waals surface area contributed by atoms with Crippen molar-refractivity contribution < 1.29 is 28.5 Å². The zero-order valence-electron chi connectivity index (χ0n) is 29.3. The Morgan fingerprint density at radius 2 is 1.90 bits per heavy atom. The van der Waals surface area contributed by atoms with Crippen molar-refractivity contribution in [3.63, 3.8) is 0 Å². The summed E-state index contributed by atoms with van der Waals surface area (Å²) in [5.74, 6) is 0.185. The summed E-state index contributed by atoms with van der Waals surface area (Å²) >= 11 is 0. The minimum atomic E-state index is -0.734. The highest BCUT2D eigenvalue weighted by molar-refractivity contribution is 6.09. The van der Waals surface area contributed by atoms with E-state index in [-0.39, 0.29) is 37.8 Å². The van der Waals surface area contributed by atoms with E-state index in [1.54, 1.807) is 0 Å². The van der Waals surface area contributed by atoms with Crippen LogP contribution in [0.3, 0.4) is 0 Å². The molecule has 2 aromatic carbocycles. The van der Waals surface area contributed by atoms with E-state index >= 15 is 0 Å². The average Bonchev–Trinajstić information content (AvgIpc) is 3.53. The van der Waals surface area contributed by atoms with Crippen LogP contribution in [-0.4, -0.2) is 95.5 Å². The number of halogens is 1. The Morgan fingerprint density at radius 1 is 1.12 bits per heavy atom. The third-order valence-corrected chi connectivity index (χ3v) is 9.90. The van der Waals surface area contributed by atoms with Gasteiger partial charge in [-0.05, 0) is 93.6 Å². The van der Waals surface area contributed by atoms with Crippen molar-refractivity contribution in [2.24, 2.45) is 0 Å². The zero-order valence-corrected chi connectivity index (χ0v) is 29.3. The van der Waals surface area contributed by atoms with Crippen LogP contribution in [0.15, 0.2) is 42.6 Å². The number of pyridine rings is 1. The summed E-state index contributed by atoms with van der Waals surface area (Å²) in [5, 5.41) is 16.9. The number of anilines is 1. The van der Waals surface area contributed by atoms with E-state index in [4.69, 9.17) is 29.4 Å². The molecule has 10 nitrogen and oxygen atoms in total. The van der Waals surface area contributed by atoms with E-state index in [1.165, 1.54) is 12.1 Å². The Balaban J connectivity index is 1.44. The molecule has 264 valence electrons. The van der Waals surface area contributed by atoms with Crippen LogP contribution in [0.25, 0.3) is 32.8 Å². The van der Waals surface area contributed by atoms with E-state index in [0.717, 1.165) is 103 Å². The second-order valence-electron chi connectivity index (χ2n) is 13.9. The van der Waals surface area contributed by atoms with Crippen LogP contribution >= 0.6 is 0 Å². The first-order chi connectivity index (χ1) is 23.7. The van der Waals surface area contributed by atoms with Gasteiger partial charge in [0.25, 0.3) is 0 Å². The number of carbonyl (C=O) groups is 1. The lowest BCUT2D eigenvalue weighted by Gasteiger charge is -2.36. The number of aliphatic hydroxyl groups is 1. The number of aliphatic hydroxyl groups excluding tert-OH is 1. The van der Waals surface area contributed by atoms with Crippen LogP contribution in [0.4, 0.5) is 10.2 Å². The minimum absolute atomic E-state index is 0.0159. The second kappa shape index (κ2) is 15.5. The van der Waals surface area contributed by atoms with Gasteiger partial charge >= 0.3 is 5.97 Å². The lowest BCUT2D eigenvalue weighted by atomic mass is 9.87. The normalized spacial score (nSPS) is 18.3. The number of likely N-dealkylation sites (N-methyl/N-ethyl adjacent to an activating group) is 1. The topological polar surface area (TPSA) is 102 Å². The smallest absolute Gasteiger partial charge is 0.332 e. The molecular weight excluding hydrogens is 625 g/mol. The number of carbonyl (C=O) groups excluding carboxylic acids is 1. The minimum Gasteiger partial charge on any atom is -0.458 e. The highest BCUT2D eigenvalue weighted by Crippen LogP contribution is 2.43. The Hall–Kier alpha value is -3.64. The largest absolute Gasteiger partial charge is 0.458 e. The predicted molar refractivity (Wildman–Crippen MR) is 189 cm³/mol. The van der Waals surface area contributed by atoms with Gasteiger partial charge in [0.15, 0.2) is 6.23 Å². The molecule has 0 saturated carbocycles. The van der Waals surface area contributed by atoms with Gasteiger partial charge in [0, 0.05) is 49.1 Å². The first-order valence-corrected chi connectivity index (χ1v) is 17.8. The number of benzene rings is 2. The van der Waals surface area contributed by atoms with Crippen LogP contribution in [0.1, 0.15) is 77.6 Å². The molecule has 2 saturated heterocycles. The van der Waals surface area contributed by atoms with Crippen LogP contribution in [0.5, 0.6) is 0 Å². The Morgan fingerprint density at radius 3 is 2.59 bits per heavy atom. The molecule has 2 fully saturated rings. The molecule has 6 rings (SSSR count). The van der Waals surface area contributed by atoms with Crippen molar-refractivity contribution in [2.45, 2.75) is 77.5 Å². The van der Waals surface area contributed by atoms with Gasteiger partial charge in [-0.2, -0.15) is 5.10 Å². The molecule has 2 atom stereocenters. The second-order valence-corrected chi connectivity index (χ2v) is 13.9. The molecule has 11 heteroatoms. The van der Waals surface area contributed by atoms with E-state index in [0.29, 0.717) is 12.8 Å². The Kier molecular flexibility index (Phi) is 11.1. The molecule has 2 aliphatic heterocycles. The van der Waals surface area contributed by atoms with Gasteiger partial charge in [0.05, 0.1) is 30.6 Å². The third kappa shape index (κ3) is 8.06. The summed E-state index contributed by atoms with van der Waals surface area (Å²) in [4.78, 5) is 22.8. The molecule has 0 aliphatic carbocycles. The first-order valence-electron chi connectivity index (χ1n) is 17.8. The van der Waals surface area contributed by atoms with Crippen molar-refractivity contribution in [2.75, 3.05) is 64.1 Å². The number of hydrogen-bond acceptors (Lipinski definition) is 9. The molecule has 4 heterocycles. The van der Waals surface area contributed by atoms with Gasteiger partial charge in [0.1, 0.15) is 23.8 Å². The SMILES string of the molecule is CCN1CCN(c2nc(C(C)CCC(C)(C)OC(=O)COCCO)c(-c3ccc(F)cc3)c3cc4cnn(C5CCCCO5)c4cc23)CC1. The molecule has 0 amide bonds. The van der Waals surface area contributed by atoms with E-state index < -0.39 is 11.6 Å². The van der Waals surface area contributed by atoms with E-state index in [1.807, 2.05) is 36.9 Å². The summed E-state index contributed by atoms with van der Waals surface area (Å²) in [6, 6.07) is 11.1. The number of ether oxygens (including phenoxy) is 3. The van der Waals surface area contributed by atoms with Crippen LogP contribution in [-0.2, 0) is 19.0 Å². The fourth-order valence-electron chi connectivity index (χ4n) is 7.10. The summed E-state index contributed by atoms with van der Waals surface area (Å²) in [6.07, 6.45) is 6.23.